The Bertz CT molecular complexity index is 465. The van der Waals surface area contributed by atoms with Gasteiger partial charge in [-0.25, -0.2) is 9.78 Å². The van der Waals surface area contributed by atoms with E-state index in [1.807, 2.05) is 24.4 Å². The van der Waals surface area contributed by atoms with Crippen molar-refractivity contribution in [1.29, 1.82) is 0 Å². The van der Waals surface area contributed by atoms with Gasteiger partial charge in [0.05, 0.1) is 0 Å². The number of piperidine rings is 1. The van der Waals surface area contributed by atoms with Gasteiger partial charge in [0.25, 0.3) is 0 Å². The van der Waals surface area contributed by atoms with E-state index in [1.54, 1.807) is 0 Å². The van der Waals surface area contributed by atoms with Crippen LogP contribution in [-0.4, -0.2) is 36.2 Å². The number of carbonyl (C=O) groups is 1. The van der Waals surface area contributed by atoms with Crippen LogP contribution in [0.4, 0.5) is 10.6 Å². The minimum atomic E-state index is 0.00295. The molecule has 1 aromatic heterocycles. The Morgan fingerprint density at radius 2 is 1.73 bits per heavy atom. The zero-order valence-corrected chi connectivity index (χ0v) is 13.0. The van der Waals surface area contributed by atoms with Crippen LogP contribution < -0.4 is 15.5 Å². The van der Waals surface area contributed by atoms with E-state index in [0.29, 0.717) is 6.04 Å². The highest BCUT2D eigenvalue weighted by Crippen LogP contribution is 2.18. The third kappa shape index (κ3) is 4.12. The van der Waals surface area contributed by atoms with Gasteiger partial charge in [0.2, 0.25) is 0 Å². The zero-order chi connectivity index (χ0) is 15.2. The van der Waals surface area contributed by atoms with Gasteiger partial charge in [0, 0.05) is 31.4 Å². The molecule has 0 atom stereocenters. The van der Waals surface area contributed by atoms with Crippen molar-refractivity contribution >= 4 is 11.8 Å². The molecule has 1 aliphatic heterocycles. The molecule has 0 bridgehead atoms. The second-order valence-electron chi connectivity index (χ2n) is 6.21. The fourth-order valence-corrected chi connectivity index (χ4v) is 3.28. The topological polar surface area (TPSA) is 57.3 Å². The standard InChI is InChI=1S/C17H25N4O/c22-17(19-14-6-2-1-3-7-14)20-15-9-12-21(13-10-15)16-8-4-5-11-18-16/h1,4-5,8,11,14-15H,2-3,6-7,9-10,12-13H2,(H2,19,20,22). The molecule has 2 heterocycles. The number of urea groups is 1. The monoisotopic (exact) mass is 301 g/mol. The normalized spacial score (nSPS) is 20.6. The van der Waals surface area contributed by atoms with Gasteiger partial charge in [-0.05, 0) is 57.1 Å². The summed E-state index contributed by atoms with van der Waals surface area (Å²) in [6.07, 6.45) is 10.5. The van der Waals surface area contributed by atoms with Gasteiger partial charge in [-0.3, -0.25) is 0 Å². The highest BCUT2D eigenvalue weighted by molar-refractivity contribution is 5.74. The molecule has 1 aromatic rings. The van der Waals surface area contributed by atoms with E-state index < -0.39 is 0 Å². The van der Waals surface area contributed by atoms with E-state index in [1.165, 1.54) is 0 Å². The SMILES string of the molecule is O=C(NC1CC[CH]CC1)NC1CCN(c2ccccn2)CC1. The van der Waals surface area contributed by atoms with Gasteiger partial charge in [0.15, 0.2) is 0 Å². The maximum absolute atomic E-state index is 12.1. The number of rotatable bonds is 3. The summed E-state index contributed by atoms with van der Waals surface area (Å²) >= 11 is 0. The molecule has 119 valence electrons. The van der Waals surface area contributed by atoms with Crippen molar-refractivity contribution in [3.05, 3.63) is 30.8 Å². The molecular weight excluding hydrogens is 276 g/mol. The minimum Gasteiger partial charge on any atom is -0.356 e. The maximum Gasteiger partial charge on any atom is 0.315 e. The fourth-order valence-electron chi connectivity index (χ4n) is 3.28. The summed E-state index contributed by atoms with van der Waals surface area (Å²) in [5.74, 6) is 1.03. The summed E-state index contributed by atoms with van der Waals surface area (Å²) in [7, 11) is 0. The van der Waals surface area contributed by atoms with Crippen LogP contribution in [0.3, 0.4) is 0 Å². The third-order valence-electron chi connectivity index (χ3n) is 4.58. The quantitative estimate of drug-likeness (QED) is 0.902. The summed E-state index contributed by atoms with van der Waals surface area (Å²) < 4.78 is 0. The number of nitrogens with zero attached hydrogens (tertiary/aromatic N) is 2. The molecule has 2 N–H and O–H groups in total. The summed E-state index contributed by atoms with van der Waals surface area (Å²) in [5.41, 5.74) is 0. The van der Waals surface area contributed by atoms with Crippen molar-refractivity contribution in [2.45, 2.75) is 50.6 Å². The Morgan fingerprint density at radius 1 is 1.05 bits per heavy atom. The number of amides is 2. The highest BCUT2D eigenvalue weighted by Gasteiger charge is 2.22. The van der Waals surface area contributed by atoms with Crippen molar-refractivity contribution in [3.63, 3.8) is 0 Å². The molecular formula is C17H25N4O. The van der Waals surface area contributed by atoms with Crippen LogP contribution in [0, 0.1) is 6.42 Å². The van der Waals surface area contributed by atoms with E-state index in [-0.39, 0.29) is 12.1 Å². The van der Waals surface area contributed by atoms with Gasteiger partial charge in [-0.1, -0.05) is 6.07 Å². The predicted molar refractivity (Wildman–Crippen MR) is 87.7 cm³/mol. The van der Waals surface area contributed by atoms with Crippen LogP contribution in [0.5, 0.6) is 0 Å². The number of aromatic nitrogens is 1. The van der Waals surface area contributed by atoms with Crippen LogP contribution in [0.2, 0.25) is 0 Å². The first kappa shape index (κ1) is 15.1. The van der Waals surface area contributed by atoms with Gasteiger partial charge >= 0.3 is 6.03 Å². The Labute approximate surface area is 132 Å². The molecule has 0 spiro atoms. The Kier molecular flexibility index (Phi) is 5.14. The van der Waals surface area contributed by atoms with Crippen molar-refractivity contribution in [2.24, 2.45) is 0 Å². The molecule has 1 aliphatic carbocycles. The summed E-state index contributed by atoms with van der Waals surface area (Å²) in [6, 6.07) is 6.62. The summed E-state index contributed by atoms with van der Waals surface area (Å²) in [6.45, 7) is 1.89. The number of pyridine rings is 1. The lowest BCUT2D eigenvalue weighted by atomic mass is 9.96. The molecule has 2 fully saturated rings. The first-order valence-electron chi connectivity index (χ1n) is 8.36. The van der Waals surface area contributed by atoms with Crippen molar-refractivity contribution < 1.29 is 4.79 Å². The minimum absolute atomic E-state index is 0.00295. The number of hydrogen-bond donors (Lipinski definition) is 2. The largest absolute Gasteiger partial charge is 0.356 e. The number of nitrogens with one attached hydrogen (secondary N) is 2. The Balaban J connectivity index is 1.41. The molecule has 1 saturated carbocycles. The van der Waals surface area contributed by atoms with Gasteiger partial charge in [0.1, 0.15) is 5.82 Å². The maximum atomic E-state index is 12.1. The Hall–Kier alpha value is -1.78. The molecule has 1 saturated heterocycles. The van der Waals surface area contributed by atoms with Gasteiger partial charge in [-0.2, -0.15) is 0 Å². The van der Waals surface area contributed by atoms with E-state index in [0.717, 1.165) is 57.4 Å². The third-order valence-corrected chi connectivity index (χ3v) is 4.58. The highest BCUT2D eigenvalue weighted by atomic mass is 16.2. The molecule has 1 radical (unpaired) electrons. The molecule has 2 aliphatic rings. The lowest BCUT2D eigenvalue weighted by Gasteiger charge is -2.33. The smallest absolute Gasteiger partial charge is 0.315 e. The van der Waals surface area contributed by atoms with E-state index >= 15 is 0 Å². The van der Waals surface area contributed by atoms with Crippen molar-refractivity contribution in [2.75, 3.05) is 18.0 Å². The van der Waals surface area contributed by atoms with E-state index in [2.05, 4.69) is 26.9 Å². The zero-order valence-electron chi connectivity index (χ0n) is 13.0. The average molecular weight is 301 g/mol. The first-order valence-corrected chi connectivity index (χ1v) is 8.36. The second-order valence-corrected chi connectivity index (χ2v) is 6.21. The number of hydrogen-bond acceptors (Lipinski definition) is 3. The molecule has 5 heteroatoms. The van der Waals surface area contributed by atoms with Crippen LogP contribution in [0.25, 0.3) is 0 Å². The molecule has 0 aromatic carbocycles. The number of carbonyl (C=O) groups excluding carboxylic acids is 1. The summed E-state index contributed by atoms with van der Waals surface area (Å²) in [5, 5.41) is 6.24. The van der Waals surface area contributed by atoms with Crippen LogP contribution in [0.15, 0.2) is 24.4 Å². The van der Waals surface area contributed by atoms with E-state index in [9.17, 15) is 4.79 Å². The molecule has 2 amide bonds. The van der Waals surface area contributed by atoms with Crippen molar-refractivity contribution in [1.82, 2.24) is 15.6 Å². The summed E-state index contributed by atoms with van der Waals surface area (Å²) in [4.78, 5) is 18.7. The van der Waals surface area contributed by atoms with Gasteiger partial charge < -0.3 is 15.5 Å². The van der Waals surface area contributed by atoms with Crippen LogP contribution >= 0.6 is 0 Å². The molecule has 0 unspecified atom stereocenters. The lowest BCUT2D eigenvalue weighted by molar-refractivity contribution is 0.227. The fraction of sp³-hybridized carbons (Fsp3) is 0.588. The van der Waals surface area contributed by atoms with Crippen LogP contribution in [-0.2, 0) is 0 Å². The molecule has 22 heavy (non-hydrogen) atoms. The average Bonchev–Trinajstić information content (AvgIpc) is 2.57. The molecule has 5 nitrogen and oxygen atoms in total. The van der Waals surface area contributed by atoms with Crippen molar-refractivity contribution in [3.8, 4) is 0 Å². The van der Waals surface area contributed by atoms with Gasteiger partial charge in [-0.15, -0.1) is 0 Å². The van der Waals surface area contributed by atoms with E-state index in [4.69, 9.17) is 0 Å². The molecule has 3 rings (SSSR count). The van der Waals surface area contributed by atoms with Crippen LogP contribution in [0.1, 0.15) is 38.5 Å². The second kappa shape index (κ2) is 7.47. The predicted octanol–water partition coefficient (Wildman–Crippen LogP) is 2.50. The lowest BCUT2D eigenvalue weighted by Crippen LogP contribution is -2.50. The number of anilines is 1. The first-order chi connectivity index (χ1) is 10.8. The Morgan fingerprint density at radius 3 is 2.36 bits per heavy atom.